The van der Waals surface area contributed by atoms with E-state index in [9.17, 15) is 9.59 Å². The summed E-state index contributed by atoms with van der Waals surface area (Å²) in [4.78, 5) is 20.9. The number of carboxylic acid groups (broad SMARTS) is 1. The third-order valence-corrected chi connectivity index (χ3v) is 3.91. The Morgan fingerprint density at radius 3 is 2.81 bits per heavy atom. The maximum Gasteiger partial charge on any atom is 0.326 e. The summed E-state index contributed by atoms with van der Waals surface area (Å²) in [6.45, 7) is 1.60. The summed E-state index contributed by atoms with van der Waals surface area (Å²) < 4.78 is 5.24. The Bertz CT molecular complexity index is 231. The highest BCUT2D eigenvalue weighted by Gasteiger charge is 2.18. The monoisotopic (exact) mass is 247 g/mol. The van der Waals surface area contributed by atoms with Gasteiger partial charge in [-0.05, 0) is 25.0 Å². The lowest BCUT2D eigenvalue weighted by Gasteiger charge is -2.22. The summed E-state index contributed by atoms with van der Waals surface area (Å²) in [6, 6.07) is -0.759. The molecule has 1 fully saturated rings. The van der Waals surface area contributed by atoms with Crippen LogP contribution < -0.4 is 5.32 Å². The molecule has 0 aromatic heterocycles. The topological polar surface area (TPSA) is 75.6 Å². The molecule has 1 atom stereocenters. The van der Waals surface area contributed by atoms with Crippen molar-refractivity contribution >= 4 is 24.1 Å². The van der Waals surface area contributed by atoms with Crippen LogP contribution in [0.2, 0.25) is 0 Å². The first kappa shape index (κ1) is 13.3. The molecule has 0 saturated carbocycles. The van der Waals surface area contributed by atoms with Crippen molar-refractivity contribution in [3.8, 4) is 0 Å². The number of carbonyl (C=O) groups is 2. The Hall–Kier alpha value is -0.750. The molecule has 0 aromatic carbocycles. The molecule has 0 aromatic rings. The summed E-state index contributed by atoms with van der Waals surface area (Å²) in [5.41, 5.74) is 0. The molecule has 6 heteroatoms. The summed E-state index contributed by atoms with van der Waals surface area (Å²) in [6.07, 6.45) is 2.97. The van der Waals surface area contributed by atoms with Crippen LogP contribution in [0.1, 0.15) is 19.3 Å². The van der Waals surface area contributed by atoms with E-state index in [1.165, 1.54) is 0 Å². The van der Waals surface area contributed by atoms with Crippen molar-refractivity contribution in [2.45, 2.75) is 30.6 Å². The van der Waals surface area contributed by atoms with Crippen molar-refractivity contribution in [3.05, 3.63) is 0 Å². The molecular formula is C10H17NO4S. The molecule has 1 rings (SSSR count). The molecule has 1 aliphatic rings. The van der Waals surface area contributed by atoms with Gasteiger partial charge in [0, 0.05) is 18.5 Å². The maximum atomic E-state index is 10.7. The number of hydrogen-bond acceptors (Lipinski definition) is 4. The lowest BCUT2D eigenvalue weighted by Crippen LogP contribution is -2.36. The van der Waals surface area contributed by atoms with Gasteiger partial charge in [-0.15, -0.1) is 0 Å². The fraction of sp³-hybridized carbons (Fsp3) is 0.800. The van der Waals surface area contributed by atoms with Crippen LogP contribution >= 0.6 is 11.8 Å². The third kappa shape index (κ3) is 4.85. The molecule has 16 heavy (non-hydrogen) atoms. The van der Waals surface area contributed by atoms with Crippen molar-refractivity contribution in [2.75, 3.05) is 19.0 Å². The number of nitrogens with one attached hydrogen (secondary N) is 1. The molecule has 0 aliphatic carbocycles. The number of ether oxygens (including phenoxy) is 1. The lowest BCUT2D eigenvalue weighted by molar-refractivity contribution is -0.140. The van der Waals surface area contributed by atoms with E-state index in [1.807, 2.05) is 0 Å². The first-order valence-electron chi connectivity index (χ1n) is 5.36. The number of thioether (sulfide) groups is 1. The van der Waals surface area contributed by atoms with Gasteiger partial charge in [0.1, 0.15) is 6.04 Å². The molecule has 1 unspecified atom stereocenters. The number of carboxylic acids is 1. The summed E-state index contributed by atoms with van der Waals surface area (Å²) in [5, 5.41) is 11.7. The van der Waals surface area contributed by atoms with Gasteiger partial charge < -0.3 is 15.2 Å². The Morgan fingerprint density at radius 2 is 2.25 bits per heavy atom. The highest BCUT2D eigenvalue weighted by Crippen LogP contribution is 2.22. The summed E-state index contributed by atoms with van der Waals surface area (Å²) in [7, 11) is 0. The first-order chi connectivity index (χ1) is 7.74. The van der Waals surface area contributed by atoms with Gasteiger partial charge in [0.05, 0.1) is 0 Å². The Balaban J connectivity index is 2.16. The van der Waals surface area contributed by atoms with Crippen LogP contribution in [0.15, 0.2) is 0 Å². The van der Waals surface area contributed by atoms with Crippen LogP contribution in [-0.4, -0.2) is 47.7 Å². The fourth-order valence-corrected chi connectivity index (χ4v) is 2.79. The van der Waals surface area contributed by atoms with E-state index in [1.54, 1.807) is 11.8 Å². The Labute approximate surface area is 98.9 Å². The summed E-state index contributed by atoms with van der Waals surface area (Å²) in [5.74, 6) is -0.220. The molecule has 0 spiro atoms. The van der Waals surface area contributed by atoms with Crippen LogP contribution in [0.4, 0.5) is 0 Å². The van der Waals surface area contributed by atoms with Crippen LogP contribution in [0, 0.1) is 0 Å². The van der Waals surface area contributed by atoms with Gasteiger partial charge in [-0.3, -0.25) is 4.79 Å². The van der Waals surface area contributed by atoms with E-state index in [4.69, 9.17) is 9.84 Å². The second-order valence-electron chi connectivity index (χ2n) is 3.65. The number of hydrogen-bond donors (Lipinski definition) is 2. The highest BCUT2D eigenvalue weighted by molar-refractivity contribution is 7.99. The van der Waals surface area contributed by atoms with E-state index < -0.39 is 12.0 Å². The predicted octanol–water partition coefficient (Wildman–Crippen LogP) is 0.488. The molecule has 1 amide bonds. The largest absolute Gasteiger partial charge is 0.480 e. The predicted molar refractivity (Wildman–Crippen MR) is 61.5 cm³/mol. The van der Waals surface area contributed by atoms with Crippen LogP contribution in [0.5, 0.6) is 0 Å². The highest BCUT2D eigenvalue weighted by atomic mass is 32.2. The molecule has 92 valence electrons. The van der Waals surface area contributed by atoms with Gasteiger partial charge in [0.2, 0.25) is 6.41 Å². The minimum absolute atomic E-state index is 0.442. The zero-order chi connectivity index (χ0) is 11.8. The molecule has 1 aliphatic heterocycles. The number of amides is 1. The van der Waals surface area contributed by atoms with Gasteiger partial charge in [0.15, 0.2) is 0 Å². The minimum atomic E-state index is -0.973. The van der Waals surface area contributed by atoms with Crippen molar-refractivity contribution in [1.29, 1.82) is 0 Å². The van der Waals surface area contributed by atoms with Crippen molar-refractivity contribution < 1.29 is 19.4 Å². The number of carbonyl (C=O) groups excluding carboxylic acids is 1. The van der Waals surface area contributed by atoms with Crippen molar-refractivity contribution in [3.63, 3.8) is 0 Å². The van der Waals surface area contributed by atoms with Gasteiger partial charge in [-0.1, -0.05) is 0 Å². The zero-order valence-corrected chi connectivity index (χ0v) is 9.87. The van der Waals surface area contributed by atoms with E-state index in [0.717, 1.165) is 31.8 Å². The van der Waals surface area contributed by atoms with E-state index in [2.05, 4.69) is 5.32 Å². The van der Waals surface area contributed by atoms with Crippen LogP contribution in [-0.2, 0) is 14.3 Å². The lowest BCUT2D eigenvalue weighted by atomic mass is 10.2. The molecule has 0 radical (unpaired) electrons. The second-order valence-corrected chi connectivity index (χ2v) is 5.05. The van der Waals surface area contributed by atoms with Gasteiger partial charge >= 0.3 is 5.97 Å². The molecule has 1 saturated heterocycles. The fourth-order valence-electron chi connectivity index (χ4n) is 1.56. The minimum Gasteiger partial charge on any atom is -0.480 e. The zero-order valence-electron chi connectivity index (χ0n) is 9.05. The Kier molecular flexibility index (Phi) is 6.25. The number of aliphatic carboxylic acids is 1. The van der Waals surface area contributed by atoms with Gasteiger partial charge in [0.25, 0.3) is 0 Å². The van der Waals surface area contributed by atoms with Crippen LogP contribution in [0.3, 0.4) is 0 Å². The Morgan fingerprint density at radius 1 is 1.56 bits per heavy atom. The third-order valence-electron chi connectivity index (χ3n) is 2.50. The smallest absolute Gasteiger partial charge is 0.326 e. The molecule has 2 N–H and O–H groups in total. The number of rotatable bonds is 7. The van der Waals surface area contributed by atoms with Gasteiger partial charge in [-0.25, -0.2) is 4.79 Å². The second kappa shape index (κ2) is 7.51. The average Bonchev–Trinajstić information content (AvgIpc) is 2.29. The molecule has 5 nitrogen and oxygen atoms in total. The summed E-state index contributed by atoms with van der Waals surface area (Å²) >= 11 is 1.77. The molecular weight excluding hydrogens is 230 g/mol. The van der Waals surface area contributed by atoms with Crippen molar-refractivity contribution in [1.82, 2.24) is 5.32 Å². The quantitative estimate of drug-likeness (QED) is 0.640. The maximum absolute atomic E-state index is 10.7. The first-order valence-corrected chi connectivity index (χ1v) is 6.40. The van der Waals surface area contributed by atoms with Crippen molar-refractivity contribution in [2.24, 2.45) is 0 Å². The van der Waals surface area contributed by atoms with E-state index in [0.29, 0.717) is 18.1 Å². The molecule has 1 heterocycles. The van der Waals surface area contributed by atoms with Gasteiger partial charge in [-0.2, -0.15) is 11.8 Å². The van der Waals surface area contributed by atoms with E-state index in [-0.39, 0.29) is 0 Å². The normalized spacial score (nSPS) is 19.0. The average molecular weight is 247 g/mol. The van der Waals surface area contributed by atoms with Crippen LogP contribution in [0.25, 0.3) is 0 Å². The SMILES string of the molecule is O=CNC(CCSC1CCOCC1)C(=O)O. The van der Waals surface area contributed by atoms with E-state index >= 15 is 0 Å². The standard InChI is InChI=1S/C10H17NO4S/c12-7-11-9(10(13)14)3-6-16-8-1-4-15-5-2-8/h7-9H,1-6H2,(H,11,12)(H,13,14). The molecule has 0 bridgehead atoms.